The number of para-hydroxylation sites is 1. The van der Waals surface area contributed by atoms with Gasteiger partial charge in [-0.25, -0.2) is 0 Å². The zero-order valence-corrected chi connectivity index (χ0v) is 12.6. The second-order valence-corrected chi connectivity index (χ2v) is 5.58. The lowest BCUT2D eigenvalue weighted by atomic mass is 10.1. The molecular weight excluding hydrogens is 268 g/mol. The molecule has 2 saturated heterocycles. The normalized spacial score (nSPS) is 23.2. The first-order chi connectivity index (χ1) is 10.4. The molecule has 5 heteroatoms. The fourth-order valence-electron chi connectivity index (χ4n) is 2.91. The van der Waals surface area contributed by atoms with Crippen LogP contribution in [0, 0.1) is 0 Å². The summed E-state index contributed by atoms with van der Waals surface area (Å²) in [5.41, 5.74) is 1.19. The fraction of sp³-hybridized carbons (Fsp3) is 0.625. The maximum atomic E-state index is 6.05. The maximum absolute atomic E-state index is 6.05. The Morgan fingerprint density at radius 2 is 2.19 bits per heavy atom. The molecular formula is C16H24N2O3. The number of piperazine rings is 1. The van der Waals surface area contributed by atoms with Gasteiger partial charge >= 0.3 is 0 Å². The molecule has 5 nitrogen and oxygen atoms in total. The standard InChI is InChI=1S/C16H24N2O3/c1-19-16-13(11-18-8-6-17-7-9-18)3-2-4-15(16)21-14-5-10-20-12-14/h2-4,14,17H,5-12H2,1H3. The van der Waals surface area contributed by atoms with Gasteiger partial charge in [0.25, 0.3) is 0 Å². The van der Waals surface area contributed by atoms with Crippen molar-refractivity contribution in [2.45, 2.75) is 19.1 Å². The number of methoxy groups -OCH3 is 1. The van der Waals surface area contributed by atoms with E-state index >= 15 is 0 Å². The van der Waals surface area contributed by atoms with E-state index in [4.69, 9.17) is 14.2 Å². The van der Waals surface area contributed by atoms with Crippen LogP contribution in [0.15, 0.2) is 18.2 Å². The third kappa shape index (κ3) is 3.67. The summed E-state index contributed by atoms with van der Waals surface area (Å²) < 4.78 is 17.0. The highest BCUT2D eigenvalue weighted by Crippen LogP contribution is 2.33. The number of hydrogen-bond acceptors (Lipinski definition) is 5. The highest BCUT2D eigenvalue weighted by molar-refractivity contribution is 5.46. The molecule has 0 aromatic heterocycles. The molecule has 2 heterocycles. The smallest absolute Gasteiger partial charge is 0.165 e. The van der Waals surface area contributed by atoms with Gasteiger partial charge in [-0.05, 0) is 6.07 Å². The molecule has 1 N–H and O–H groups in total. The van der Waals surface area contributed by atoms with Crippen molar-refractivity contribution < 1.29 is 14.2 Å². The zero-order chi connectivity index (χ0) is 14.5. The van der Waals surface area contributed by atoms with E-state index in [0.29, 0.717) is 6.61 Å². The van der Waals surface area contributed by atoms with Gasteiger partial charge in [0.1, 0.15) is 6.10 Å². The molecule has 0 saturated carbocycles. The molecule has 2 aliphatic rings. The Balaban J connectivity index is 1.72. The van der Waals surface area contributed by atoms with E-state index in [9.17, 15) is 0 Å². The van der Waals surface area contributed by atoms with Gasteiger partial charge in [0.2, 0.25) is 0 Å². The van der Waals surface area contributed by atoms with E-state index in [1.54, 1.807) is 7.11 Å². The van der Waals surface area contributed by atoms with Gasteiger partial charge in [-0.1, -0.05) is 12.1 Å². The van der Waals surface area contributed by atoms with Crippen LogP contribution in [-0.4, -0.2) is 57.5 Å². The molecule has 1 atom stereocenters. The lowest BCUT2D eigenvalue weighted by Crippen LogP contribution is -2.42. The van der Waals surface area contributed by atoms with Gasteiger partial charge in [0.05, 0.1) is 20.3 Å². The minimum atomic E-state index is 0.147. The van der Waals surface area contributed by atoms with Crippen molar-refractivity contribution in [3.63, 3.8) is 0 Å². The summed E-state index contributed by atoms with van der Waals surface area (Å²) in [4.78, 5) is 2.44. The van der Waals surface area contributed by atoms with Gasteiger partial charge in [-0.3, -0.25) is 4.90 Å². The minimum absolute atomic E-state index is 0.147. The predicted octanol–water partition coefficient (Wildman–Crippen LogP) is 1.27. The average molecular weight is 292 g/mol. The van der Waals surface area contributed by atoms with Crippen LogP contribution in [-0.2, 0) is 11.3 Å². The Labute approximate surface area is 126 Å². The van der Waals surface area contributed by atoms with E-state index in [0.717, 1.165) is 57.3 Å². The molecule has 1 aromatic carbocycles. The molecule has 0 aliphatic carbocycles. The first-order valence-corrected chi connectivity index (χ1v) is 7.70. The third-order valence-corrected chi connectivity index (χ3v) is 4.05. The van der Waals surface area contributed by atoms with Crippen LogP contribution >= 0.6 is 0 Å². The summed E-state index contributed by atoms with van der Waals surface area (Å²) in [5, 5.41) is 3.38. The molecule has 0 bridgehead atoms. The van der Waals surface area contributed by atoms with Crippen molar-refractivity contribution in [1.29, 1.82) is 0 Å². The number of benzene rings is 1. The molecule has 1 aromatic rings. The van der Waals surface area contributed by atoms with Crippen LogP contribution in [0.5, 0.6) is 11.5 Å². The largest absolute Gasteiger partial charge is 0.493 e. The Hall–Kier alpha value is -1.30. The summed E-state index contributed by atoms with van der Waals surface area (Å²) >= 11 is 0. The Morgan fingerprint density at radius 3 is 2.90 bits per heavy atom. The quantitative estimate of drug-likeness (QED) is 0.885. The molecule has 3 rings (SSSR count). The lowest BCUT2D eigenvalue weighted by molar-refractivity contribution is 0.138. The van der Waals surface area contributed by atoms with Crippen LogP contribution in [0.4, 0.5) is 0 Å². The van der Waals surface area contributed by atoms with E-state index in [-0.39, 0.29) is 6.10 Å². The van der Waals surface area contributed by atoms with Gasteiger partial charge in [0, 0.05) is 44.7 Å². The number of nitrogens with one attached hydrogen (secondary N) is 1. The molecule has 0 amide bonds. The summed E-state index contributed by atoms with van der Waals surface area (Å²) in [6.07, 6.45) is 1.10. The third-order valence-electron chi connectivity index (χ3n) is 4.05. The first kappa shape index (κ1) is 14.6. The van der Waals surface area contributed by atoms with E-state index < -0.39 is 0 Å². The second kappa shape index (κ2) is 7.11. The van der Waals surface area contributed by atoms with Crippen molar-refractivity contribution >= 4 is 0 Å². The molecule has 0 radical (unpaired) electrons. The van der Waals surface area contributed by atoms with Crippen LogP contribution in [0.1, 0.15) is 12.0 Å². The number of rotatable bonds is 5. The second-order valence-electron chi connectivity index (χ2n) is 5.58. The van der Waals surface area contributed by atoms with Crippen molar-refractivity contribution in [3.05, 3.63) is 23.8 Å². The fourth-order valence-corrected chi connectivity index (χ4v) is 2.91. The molecule has 2 fully saturated rings. The summed E-state index contributed by atoms with van der Waals surface area (Å²) in [7, 11) is 1.72. The van der Waals surface area contributed by atoms with Crippen LogP contribution in [0.3, 0.4) is 0 Å². The monoisotopic (exact) mass is 292 g/mol. The van der Waals surface area contributed by atoms with E-state index in [1.807, 2.05) is 12.1 Å². The molecule has 116 valence electrons. The topological polar surface area (TPSA) is 43.0 Å². The molecule has 2 aliphatic heterocycles. The Bertz CT molecular complexity index is 455. The molecule has 0 spiro atoms. The Kier molecular flexibility index (Phi) is 4.95. The minimum Gasteiger partial charge on any atom is -0.493 e. The van der Waals surface area contributed by atoms with Crippen molar-refractivity contribution in [2.24, 2.45) is 0 Å². The van der Waals surface area contributed by atoms with Crippen LogP contribution in [0.2, 0.25) is 0 Å². The predicted molar refractivity (Wildman–Crippen MR) is 81.0 cm³/mol. The molecule has 21 heavy (non-hydrogen) atoms. The van der Waals surface area contributed by atoms with Crippen LogP contribution in [0.25, 0.3) is 0 Å². The van der Waals surface area contributed by atoms with Crippen molar-refractivity contribution in [2.75, 3.05) is 46.5 Å². The lowest BCUT2D eigenvalue weighted by Gasteiger charge is -2.28. The average Bonchev–Trinajstić information content (AvgIpc) is 3.02. The number of ether oxygens (including phenoxy) is 3. The summed E-state index contributed by atoms with van der Waals surface area (Å²) in [5.74, 6) is 1.70. The van der Waals surface area contributed by atoms with Crippen molar-refractivity contribution in [1.82, 2.24) is 10.2 Å². The van der Waals surface area contributed by atoms with Crippen LogP contribution < -0.4 is 14.8 Å². The SMILES string of the molecule is COc1c(CN2CCNCC2)cccc1OC1CCOC1. The van der Waals surface area contributed by atoms with Gasteiger partial charge in [-0.2, -0.15) is 0 Å². The van der Waals surface area contributed by atoms with Gasteiger partial charge in [-0.15, -0.1) is 0 Å². The molecule has 1 unspecified atom stereocenters. The van der Waals surface area contributed by atoms with Gasteiger partial charge in [0.15, 0.2) is 11.5 Å². The maximum Gasteiger partial charge on any atom is 0.165 e. The van der Waals surface area contributed by atoms with E-state index in [2.05, 4.69) is 16.3 Å². The van der Waals surface area contributed by atoms with Gasteiger partial charge < -0.3 is 19.5 Å². The zero-order valence-electron chi connectivity index (χ0n) is 12.6. The highest BCUT2D eigenvalue weighted by Gasteiger charge is 2.21. The number of hydrogen-bond donors (Lipinski definition) is 1. The first-order valence-electron chi connectivity index (χ1n) is 7.70. The summed E-state index contributed by atoms with van der Waals surface area (Å²) in [6, 6.07) is 6.16. The summed E-state index contributed by atoms with van der Waals surface area (Å²) in [6.45, 7) is 6.62. The van der Waals surface area contributed by atoms with E-state index in [1.165, 1.54) is 5.56 Å². The number of nitrogens with zero attached hydrogens (tertiary/aromatic N) is 1. The highest BCUT2D eigenvalue weighted by atomic mass is 16.6. The Morgan fingerprint density at radius 1 is 1.33 bits per heavy atom. The van der Waals surface area contributed by atoms with Crippen molar-refractivity contribution in [3.8, 4) is 11.5 Å².